The molecule has 26 heavy (non-hydrogen) atoms. The van der Waals surface area contributed by atoms with Crippen molar-refractivity contribution in [3.63, 3.8) is 0 Å². The van der Waals surface area contributed by atoms with E-state index in [1.54, 1.807) is 6.07 Å². The number of ether oxygens (including phenoxy) is 2. The van der Waals surface area contributed by atoms with Crippen molar-refractivity contribution in [3.05, 3.63) is 59.7 Å². The van der Waals surface area contributed by atoms with E-state index in [-0.39, 0.29) is 23.0 Å². The fourth-order valence-corrected chi connectivity index (χ4v) is 1.99. The number of rotatable bonds is 6. The van der Waals surface area contributed by atoms with Crippen molar-refractivity contribution < 1.29 is 34.4 Å². The topological polar surface area (TPSA) is 113 Å². The number of carbonyl (C=O) groups excluding carboxylic acids is 1. The van der Waals surface area contributed by atoms with Crippen LogP contribution < -0.4 is 9.47 Å². The summed E-state index contributed by atoms with van der Waals surface area (Å²) in [5.74, 6) is -1.99. The first-order valence-electron chi connectivity index (χ1n) is 7.40. The summed E-state index contributed by atoms with van der Waals surface area (Å²) in [5.41, 5.74) is 1.04. The lowest BCUT2D eigenvalue weighted by molar-refractivity contribution is -0.131. The maximum absolute atomic E-state index is 11.9. The summed E-state index contributed by atoms with van der Waals surface area (Å²) in [7, 11) is 1.41. The first-order valence-corrected chi connectivity index (χ1v) is 7.40. The molecule has 0 saturated heterocycles. The summed E-state index contributed by atoms with van der Waals surface area (Å²) in [6, 6.07) is 8.64. The van der Waals surface area contributed by atoms with Gasteiger partial charge in [-0.15, -0.1) is 0 Å². The molecule has 0 fully saturated rings. The minimum atomic E-state index is -1.12. The predicted octanol–water partition coefficient (Wildman–Crippen LogP) is 2.82. The minimum Gasteiger partial charge on any atom is -0.504 e. The van der Waals surface area contributed by atoms with E-state index >= 15 is 0 Å². The van der Waals surface area contributed by atoms with E-state index < -0.39 is 11.9 Å². The Bertz CT molecular complexity index is 881. The molecule has 0 aliphatic rings. The number of hydrogen-bond donors (Lipinski definition) is 3. The molecule has 2 rings (SSSR count). The van der Waals surface area contributed by atoms with E-state index in [0.717, 1.165) is 12.2 Å². The number of hydrogen-bond acceptors (Lipinski definition) is 6. The van der Waals surface area contributed by atoms with Gasteiger partial charge in [0.05, 0.1) is 7.11 Å². The third-order valence-corrected chi connectivity index (χ3v) is 3.23. The van der Waals surface area contributed by atoms with Crippen molar-refractivity contribution in [3.8, 4) is 23.0 Å². The molecule has 0 amide bonds. The average molecular weight is 356 g/mol. The van der Waals surface area contributed by atoms with Gasteiger partial charge < -0.3 is 24.8 Å². The molecule has 0 saturated carbocycles. The molecule has 0 aromatic heterocycles. The first kappa shape index (κ1) is 18.6. The zero-order chi connectivity index (χ0) is 19.1. The van der Waals surface area contributed by atoms with Crippen molar-refractivity contribution in [2.75, 3.05) is 7.11 Å². The second-order valence-corrected chi connectivity index (χ2v) is 5.08. The molecule has 2 aromatic carbocycles. The Balaban J connectivity index is 2.12. The van der Waals surface area contributed by atoms with Gasteiger partial charge in [-0.25, -0.2) is 9.59 Å². The molecular weight excluding hydrogens is 340 g/mol. The fourth-order valence-electron chi connectivity index (χ4n) is 1.99. The van der Waals surface area contributed by atoms with E-state index in [0.29, 0.717) is 11.1 Å². The predicted molar refractivity (Wildman–Crippen MR) is 94.1 cm³/mol. The van der Waals surface area contributed by atoms with Crippen LogP contribution in [0.3, 0.4) is 0 Å². The van der Waals surface area contributed by atoms with Gasteiger partial charge in [-0.05, 0) is 47.5 Å². The summed E-state index contributed by atoms with van der Waals surface area (Å²) in [5, 5.41) is 27.9. The zero-order valence-electron chi connectivity index (χ0n) is 13.7. The number of aliphatic carboxylic acids is 1. The highest BCUT2D eigenvalue weighted by atomic mass is 16.5. The standard InChI is InChI=1S/C19H16O7/c1-25-16-10-13(2-6-14(16)20)5-9-19(24)26-17-11-12(3-7-15(17)21)4-8-18(22)23/h2-11,20-21H,1H3,(H,22,23). The van der Waals surface area contributed by atoms with Crippen molar-refractivity contribution >= 4 is 24.1 Å². The number of methoxy groups -OCH3 is 1. The van der Waals surface area contributed by atoms with Crippen LogP contribution in [0.5, 0.6) is 23.0 Å². The Morgan fingerprint density at radius 3 is 2.00 bits per heavy atom. The van der Waals surface area contributed by atoms with Crippen molar-refractivity contribution in [1.29, 1.82) is 0 Å². The molecule has 7 heteroatoms. The normalized spacial score (nSPS) is 11.0. The van der Waals surface area contributed by atoms with Crippen LogP contribution in [0, 0.1) is 0 Å². The van der Waals surface area contributed by atoms with E-state index in [9.17, 15) is 19.8 Å². The third-order valence-electron chi connectivity index (χ3n) is 3.23. The van der Waals surface area contributed by atoms with Gasteiger partial charge in [0, 0.05) is 12.2 Å². The van der Waals surface area contributed by atoms with Gasteiger partial charge >= 0.3 is 11.9 Å². The smallest absolute Gasteiger partial charge is 0.336 e. The van der Waals surface area contributed by atoms with Crippen LogP contribution in [0.25, 0.3) is 12.2 Å². The van der Waals surface area contributed by atoms with Crippen LogP contribution in [0.15, 0.2) is 48.6 Å². The van der Waals surface area contributed by atoms with Gasteiger partial charge in [-0.1, -0.05) is 12.1 Å². The van der Waals surface area contributed by atoms with Crippen molar-refractivity contribution in [1.82, 2.24) is 0 Å². The van der Waals surface area contributed by atoms with Crippen LogP contribution in [0.2, 0.25) is 0 Å². The summed E-state index contributed by atoms with van der Waals surface area (Å²) < 4.78 is 10.0. The lowest BCUT2D eigenvalue weighted by atomic mass is 10.2. The second kappa shape index (κ2) is 8.39. The molecule has 3 N–H and O–H groups in total. The number of esters is 1. The van der Waals surface area contributed by atoms with Gasteiger partial charge in [-0.2, -0.15) is 0 Å². The summed E-state index contributed by atoms with van der Waals surface area (Å²) in [4.78, 5) is 22.5. The van der Waals surface area contributed by atoms with Crippen molar-refractivity contribution in [2.24, 2.45) is 0 Å². The number of aromatic hydroxyl groups is 2. The number of phenolic OH excluding ortho intramolecular Hbond substituents is 2. The van der Waals surface area contributed by atoms with Gasteiger partial charge in [0.2, 0.25) is 0 Å². The SMILES string of the molecule is COc1cc(C=CC(=O)Oc2cc(C=CC(=O)O)ccc2O)ccc1O. The summed E-state index contributed by atoms with van der Waals surface area (Å²) >= 11 is 0. The second-order valence-electron chi connectivity index (χ2n) is 5.08. The number of carbonyl (C=O) groups is 2. The average Bonchev–Trinajstić information content (AvgIpc) is 2.61. The molecule has 0 bridgehead atoms. The molecule has 0 atom stereocenters. The number of phenols is 2. The molecule has 134 valence electrons. The van der Waals surface area contributed by atoms with Crippen LogP contribution in [-0.4, -0.2) is 34.4 Å². The quantitative estimate of drug-likeness (QED) is 0.414. The van der Waals surface area contributed by atoms with Crippen molar-refractivity contribution in [2.45, 2.75) is 0 Å². The van der Waals surface area contributed by atoms with E-state index in [4.69, 9.17) is 14.6 Å². The van der Waals surface area contributed by atoms with E-state index in [1.807, 2.05) is 0 Å². The largest absolute Gasteiger partial charge is 0.504 e. The molecule has 0 aliphatic heterocycles. The molecule has 0 radical (unpaired) electrons. The lowest BCUT2D eigenvalue weighted by Crippen LogP contribution is -2.04. The lowest BCUT2D eigenvalue weighted by Gasteiger charge is -2.06. The summed E-state index contributed by atoms with van der Waals surface area (Å²) in [6.07, 6.45) is 4.83. The Morgan fingerprint density at radius 2 is 1.42 bits per heavy atom. The van der Waals surface area contributed by atoms with Gasteiger partial charge in [0.25, 0.3) is 0 Å². The Labute approximate surface area is 149 Å². The number of carboxylic acids is 1. The number of benzene rings is 2. The molecule has 0 heterocycles. The van der Waals surface area contributed by atoms with Crippen LogP contribution in [0.4, 0.5) is 0 Å². The van der Waals surface area contributed by atoms with Gasteiger partial charge in [0.1, 0.15) is 0 Å². The summed E-state index contributed by atoms with van der Waals surface area (Å²) in [6.45, 7) is 0. The minimum absolute atomic E-state index is 0.0246. The number of carboxylic acid groups (broad SMARTS) is 1. The monoisotopic (exact) mass is 356 g/mol. The maximum Gasteiger partial charge on any atom is 0.336 e. The highest BCUT2D eigenvalue weighted by molar-refractivity contribution is 5.89. The highest BCUT2D eigenvalue weighted by Crippen LogP contribution is 2.28. The Morgan fingerprint density at radius 1 is 0.885 bits per heavy atom. The Kier molecular flexibility index (Phi) is 6.00. The van der Waals surface area contributed by atoms with Crippen LogP contribution >= 0.6 is 0 Å². The molecule has 0 spiro atoms. The zero-order valence-corrected chi connectivity index (χ0v) is 13.7. The van der Waals surface area contributed by atoms with Crippen LogP contribution in [-0.2, 0) is 9.59 Å². The molecule has 0 unspecified atom stereocenters. The maximum atomic E-state index is 11.9. The van der Waals surface area contributed by atoms with Gasteiger partial charge in [0.15, 0.2) is 23.0 Å². The highest BCUT2D eigenvalue weighted by Gasteiger charge is 2.08. The van der Waals surface area contributed by atoms with E-state index in [2.05, 4.69) is 0 Å². The third kappa shape index (κ3) is 5.13. The van der Waals surface area contributed by atoms with Crippen LogP contribution in [0.1, 0.15) is 11.1 Å². The first-order chi connectivity index (χ1) is 12.4. The Hall–Kier alpha value is -3.74. The molecule has 2 aromatic rings. The molecular formula is C19H16O7. The van der Waals surface area contributed by atoms with E-state index in [1.165, 1.54) is 49.6 Å². The van der Waals surface area contributed by atoms with Gasteiger partial charge in [-0.3, -0.25) is 0 Å². The molecule has 7 nitrogen and oxygen atoms in total. The fraction of sp³-hybridized carbons (Fsp3) is 0.0526. The molecule has 0 aliphatic carbocycles.